The van der Waals surface area contributed by atoms with E-state index in [0.717, 1.165) is 18.8 Å². The monoisotopic (exact) mass is 330 g/mol. The number of methoxy groups -OCH3 is 1. The average molecular weight is 330 g/mol. The third kappa shape index (κ3) is 6.64. The Morgan fingerprint density at radius 2 is 1.68 bits per heavy atom. The molecule has 6 nitrogen and oxygen atoms in total. The molecule has 0 radical (unpaired) electrons. The molecule has 1 aromatic rings. The summed E-state index contributed by atoms with van der Waals surface area (Å²) in [5.41, 5.74) is 1.64. The van der Waals surface area contributed by atoms with E-state index in [-0.39, 0.29) is 12.4 Å². The normalized spacial score (nSPS) is 11.4. The van der Waals surface area contributed by atoms with E-state index in [1.54, 1.807) is 19.2 Å². The standard InChI is InChI=1S/C15H26N2O4S/c1-4-17(5-2)15-8-6-14(7-9-15)16-22(18,19)13-12-21-11-10-20-3/h6-9,16H,4-5,10-13H2,1-3H3. The quantitative estimate of drug-likeness (QED) is 0.628. The van der Waals surface area contributed by atoms with E-state index in [9.17, 15) is 8.42 Å². The predicted molar refractivity (Wildman–Crippen MR) is 90.1 cm³/mol. The first kappa shape index (κ1) is 18.7. The SMILES string of the molecule is CCN(CC)c1ccc(NS(=O)(=O)CCOCCOC)cc1. The summed E-state index contributed by atoms with van der Waals surface area (Å²) in [7, 11) is -1.82. The zero-order valence-electron chi connectivity index (χ0n) is 13.5. The van der Waals surface area contributed by atoms with Crippen LogP contribution in [0.5, 0.6) is 0 Å². The maximum atomic E-state index is 11.9. The third-order valence-electron chi connectivity index (χ3n) is 3.20. The Labute approximate surface area is 133 Å². The number of hydrogen-bond acceptors (Lipinski definition) is 5. The molecule has 0 bridgehead atoms. The van der Waals surface area contributed by atoms with Gasteiger partial charge in [-0.15, -0.1) is 0 Å². The maximum Gasteiger partial charge on any atom is 0.234 e. The van der Waals surface area contributed by atoms with Gasteiger partial charge in [-0.3, -0.25) is 4.72 Å². The van der Waals surface area contributed by atoms with E-state index in [1.165, 1.54) is 0 Å². The molecular weight excluding hydrogens is 304 g/mol. The molecule has 7 heteroatoms. The van der Waals surface area contributed by atoms with Gasteiger partial charge in [0, 0.05) is 31.6 Å². The van der Waals surface area contributed by atoms with Crippen LogP contribution in [0.25, 0.3) is 0 Å². The Kier molecular flexibility index (Phi) is 8.22. The molecule has 0 atom stereocenters. The molecule has 0 aliphatic carbocycles. The summed E-state index contributed by atoms with van der Waals surface area (Å²) in [4.78, 5) is 2.20. The van der Waals surface area contributed by atoms with Crippen molar-refractivity contribution < 1.29 is 17.9 Å². The fourth-order valence-electron chi connectivity index (χ4n) is 1.97. The van der Waals surface area contributed by atoms with Crippen molar-refractivity contribution in [2.45, 2.75) is 13.8 Å². The lowest BCUT2D eigenvalue weighted by atomic mass is 10.2. The van der Waals surface area contributed by atoms with Crippen LogP contribution in [0.1, 0.15) is 13.8 Å². The fraction of sp³-hybridized carbons (Fsp3) is 0.600. The zero-order chi connectivity index (χ0) is 16.4. The third-order valence-corrected chi connectivity index (χ3v) is 4.45. The Hall–Kier alpha value is -1.31. The van der Waals surface area contributed by atoms with Gasteiger partial charge in [0.05, 0.1) is 25.6 Å². The second-order valence-corrected chi connectivity index (χ2v) is 6.59. The summed E-state index contributed by atoms with van der Waals surface area (Å²) in [6, 6.07) is 7.38. The molecule has 0 aliphatic rings. The largest absolute Gasteiger partial charge is 0.382 e. The van der Waals surface area contributed by atoms with Crippen molar-refractivity contribution in [3.63, 3.8) is 0 Å². The van der Waals surface area contributed by atoms with Gasteiger partial charge in [0.25, 0.3) is 0 Å². The van der Waals surface area contributed by atoms with Crippen LogP contribution in [0, 0.1) is 0 Å². The minimum Gasteiger partial charge on any atom is -0.382 e. The van der Waals surface area contributed by atoms with E-state index in [4.69, 9.17) is 9.47 Å². The molecule has 0 aromatic heterocycles. The molecule has 126 valence electrons. The number of anilines is 2. The lowest BCUT2D eigenvalue weighted by Crippen LogP contribution is -2.22. The van der Waals surface area contributed by atoms with E-state index in [2.05, 4.69) is 23.5 Å². The number of nitrogens with zero attached hydrogens (tertiary/aromatic N) is 1. The van der Waals surface area contributed by atoms with Crippen molar-refractivity contribution in [3.8, 4) is 0 Å². The number of nitrogens with one attached hydrogen (secondary N) is 1. The smallest absolute Gasteiger partial charge is 0.234 e. The predicted octanol–water partition coefficient (Wildman–Crippen LogP) is 1.94. The second kappa shape index (κ2) is 9.66. The average Bonchev–Trinajstić information content (AvgIpc) is 2.49. The Balaban J connectivity index is 2.51. The van der Waals surface area contributed by atoms with Crippen molar-refractivity contribution >= 4 is 21.4 Å². The number of sulfonamides is 1. The highest BCUT2D eigenvalue weighted by Crippen LogP contribution is 2.18. The van der Waals surface area contributed by atoms with Crippen LogP contribution in [0.2, 0.25) is 0 Å². The topological polar surface area (TPSA) is 67.9 Å². The van der Waals surface area contributed by atoms with Crippen LogP contribution < -0.4 is 9.62 Å². The fourth-order valence-corrected chi connectivity index (χ4v) is 2.91. The Morgan fingerprint density at radius 1 is 1.05 bits per heavy atom. The molecule has 0 unspecified atom stereocenters. The molecule has 1 aromatic carbocycles. The highest BCUT2D eigenvalue weighted by molar-refractivity contribution is 7.92. The van der Waals surface area contributed by atoms with Gasteiger partial charge in [-0.1, -0.05) is 0 Å². The van der Waals surface area contributed by atoms with Crippen LogP contribution >= 0.6 is 0 Å². The summed E-state index contributed by atoms with van der Waals surface area (Å²) in [5.74, 6) is -0.0749. The molecule has 1 N–H and O–H groups in total. The van der Waals surface area contributed by atoms with Crippen molar-refractivity contribution in [1.82, 2.24) is 0 Å². The van der Waals surface area contributed by atoms with Gasteiger partial charge in [-0.05, 0) is 38.1 Å². The first-order valence-electron chi connectivity index (χ1n) is 7.44. The summed E-state index contributed by atoms with van der Waals surface area (Å²) in [5, 5.41) is 0. The Morgan fingerprint density at radius 3 is 2.23 bits per heavy atom. The lowest BCUT2D eigenvalue weighted by molar-refractivity contribution is 0.0785. The van der Waals surface area contributed by atoms with Crippen LogP contribution in [0.3, 0.4) is 0 Å². The van der Waals surface area contributed by atoms with Crippen LogP contribution in [-0.4, -0.2) is 54.2 Å². The molecule has 0 spiro atoms. The molecule has 0 fully saturated rings. The van der Waals surface area contributed by atoms with Gasteiger partial charge >= 0.3 is 0 Å². The van der Waals surface area contributed by atoms with Crippen molar-refractivity contribution in [2.24, 2.45) is 0 Å². The first-order chi connectivity index (χ1) is 10.5. The van der Waals surface area contributed by atoms with Gasteiger partial charge in [0.1, 0.15) is 0 Å². The summed E-state index contributed by atoms with van der Waals surface area (Å²) >= 11 is 0. The zero-order valence-corrected chi connectivity index (χ0v) is 14.4. The lowest BCUT2D eigenvalue weighted by Gasteiger charge is -2.21. The van der Waals surface area contributed by atoms with E-state index in [1.807, 2.05) is 12.1 Å². The minimum atomic E-state index is -3.40. The number of ether oxygens (including phenoxy) is 2. The van der Waals surface area contributed by atoms with Crippen LogP contribution in [0.4, 0.5) is 11.4 Å². The number of hydrogen-bond donors (Lipinski definition) is 1. The van der Waals surface area contributed by atoms with E-state index in [0.29, 0.717) is 18.9 Å². The molecule has 0 saturated carbocycles. The minimum absolute atomic E-state index is 0.0749. The van der Waals surface area contributed by atoms with E-state index < -0.39 is 10.0 Å². The van der Waals surface area contributed by atoms with Crippen LogP contribution in [0.15, 0.2) is 24.3 Å². The molecular formula is C15H26N2O4S. The van der Waals surface area contributed by atoms with E-state index >= 15 is 0 Å². The van der Waals surface area contributed by atoms with Gasteiger partial charge in [0.15, 0.2) is 0 Å². The van der Waals surface area contributed by atoms with Gasteiger partial charge in [-0.25, -0.2) is 8.42 Å². The molecule has 1 rings (SSSR count). The summed E-state index contributed by atoms with van der Waals surface area (Å²) in [6.07, 6.45) is 0. The van der Waals surface area contributed by atoms with Crippen LogP contribution in [-0.2, 0) is 19.5 Å². The van der Waals surface area contributed by atoms with Gasteiger partial charge in [0.2, 0.25) is 10.0 Å². The second-order valence-electron chi connectivity index (χ2n) is 4.75. The van der Waals surface area contributed by atoms with Crippen molar-refractivity contribution in [1.29, 1.82) is 0 Å². The molecule has 0 heterocycles. The summed E-state index contributed by atoms with van der Waals surface area (Å²) < 4.78 is 36.4. The highest BCUT2D eigenvalue weighted by atomic mass is 32.2. The van der Waals surface area contributed by atoms with Gasteiger partial charge < -0.3 is 14.4 Å². The molecule has 22 heavy (non-hydrogen) atoms. The molecule has 0 saturated heterocycles. The highest BCUT2D eigenvalue weighted by Gasteiger charge is 2.10. The molecule has 0 aliphatic heterocycles. The maximum absolute atomic E-state index is 11.9. The van der Waals surface area contributed by atoms with Crippen molar-refractivity contribution in [3.05, 3.63) is 24.3 Å². The first-order valence-corrected chi connectivity index (χ1v) is 9.09. The number of rotatable bonds is 11. The Bertz CT molecular complexity index is 513. The van der Waals surface area contributed by atoms with Gasteiger partial charge in [-0.2, -0.15) is 0 Å². The molecule has 0 amide bonds. The summed E-state index contributed by atoms with van der Waals surface area (Å²) in [6.45, 7) is 7.01. The number of benzene rings is 1. The van der Waals surface area contributed by atoms with Crippen molar-refractivity contribution in [2.75, 3.05) is 55.4 Å².